The Bertz CT molecular complexity index is 4830. The molecule has 0 saturated carbocycles. The van der Waals surface area contributed by atoms with Crippen molar-refractivity contribution in [2.24, 2.45) is 0 Å². The van der Waals surface area contributed by atoms with Crippen molar-refractivity contribution in [2.45, 2.75) is 18.8 Å². The zero-order valence-corrected chi connectivity index (χ0v) is 54.1. The highest BCUT2D eigenvalue weighted by atomic mass is 16.5. The van der Waals surface area contributed by atoms with Crippen molar-refractivity contribution in [2.75, 3.05) is 14.7 Å². The van der Waals surface area contributed by atoms with Gasteiger partial charge in [0.2, 0.25) is 0 Å². The average Bonchev–Trinajstić information content (AvgIpc) is 0.753. The van der Waals surface area contributed by atoms with Crippen LogP contribution in [0.1, 0.15) is 61.1 Å². The number of hydrogen-bond donors (Lipinski definition) is 0. The second-order valence-electron chi connectivity index (χ2n) is 24.2. The summed E-state index contributed by atoms with van der Waals surface area (Å²) in [5, 5.41) is 6.82. The van der Waals surface area contributed by atoms with Gasteiger partial charge >= 0.3 is 17.9 Å². The highest BCUT2D eigenvalue weighted by Crippen LogP contribution is 2.45. The molecule has 0 amide bonds. The maximum Gasteiger partial charge on any atom is 0.343 e. The van der Waals surface area contributed by atoms with Gasteiger partial charge < -0.3 is 28.9 Å². The minimum Gasteiger partial charge on any atom is -0.423 e. The fourth-order valence-corrected chi connectivity index (χ4v) is 13.3. The van der Waals surface area contributed by atoms with Crippen LogP contribution in [0.5, 0.6) is 17.2 Å². The van der Waals surface area contributed by atoms with Crippen molar-refractivity contribution in [3.8, 4) is 17.2 Å². The van der Waals surface area contributed by atoms with Gasteiger partial charge in [0.1, 0.15) is 17.2 Å². The number of benzene rings is 15. The molecule has 0 bridgehead atoms. The van der Waals surface area contributed by atoms with Crippen molar-refractivity contribution < 1.29 is 28.6 Å². The first-order chi connectivity index (χ1) is 48.7. The van der Waals surface area contributed by atoms with Crippen molar-refractivity contribution in [3.63, 3.8) is 0 Å². The predicted octanol–water partition coefficient (Wildman–Crippen LogP) is 23.0. The minimum absolute atomic E-state index is 0.369. The highest BCUT2D eigenvalue weighted by Gasteiger charge is 2.35. The van der Waals surface area contributed by atoms with E-state index in [4.69, 9.17) is 14.2 Å². The number of carbonyl (C=O) groups excluding carboxylic acids is 3. The van der Waals surface area contributed by atoms with Crippen molar-refractivity contribution in [3.05, 3.63) is 397 Å². The summed E-state index contributed by atoms with van der Waals surface area (Å²) in [5.41, 5.74) is 11.6. The Hall–Kier alpha value is -13.1. The molecule has 0 radical (unpaired) electrons. The van der Waals surface area contributed by atoms with E-state index >= 15 is 0 Å². The van der Waals surface area contributed by atoms with E-state index in [0.29, 0.717) is 40.4 Å². The van der Waals surface area contributed by atoms with E-state index in [9.17, 15) is 14.4 Å². The maximum atomic E-state index is 14.0. The molecule has 0 aliphatic heterocycles. The van der Waals surface area contributed by atoms with E-state index in [1.165, 1.54) is 0 Å². The molecular formula is C90H65N3O6. The number of nitrogens with zero attached hydrogens (tertiary/aromatic N) is 3. The van der Waals surface area contributed by atoms with Crippen LogP contribution in [0.4, 0.5) is 51.2 Å². The molecular weight excluding hydrogens is 1220 g/mol. The quantitative estimate of drug-likeness (QED) is 0.0446. The van der Waals surface area contributed by atoms with Gasteiger partial charge in [-0.1, -0.05) is 189 Å². The summed E-state index contributed by atoms with van der Waals surface area (Å²) in [5.74, 6) is -0.392. The van der Waals surface area contributed by atoms with Crippen LogP contribution in [0.3, 0.4) is 0 Å². The van der Waals surface area contributed by atoms with Crippen molar-refractivity contribution >= 4 is 101 Å². The van der Waals surface area contributed by atoms with Gasteiger partial charge in [-0.05, 0) is 237 Å². The first-order valence-corrected chi connectivity index (χ1v) is 33.0. The van der Waals surface area contributed by atoms with Crippen LogP contribution < -0.4 is 28.9 Å². The lowest BCUT2D eigenvalue weighted by Gasteiger charge is -2.35. The van der Waals surface area contributed by atoms with Crippen molar-refractivity contribution in [1.29, 1.82) is 0 Å². The Morgan fingerprint density at radius 1 is 0.242 bits per heavy atom. The van der Waals surface area contributed by atoms with Crippen LogP contribution in [-0.2, 0) is 5.41 Å². The monoisotopic (exact) mass is 1280 g/mol. The number of ether oxygens (including phenoxy) is 3. The summed E-state index contributed by atoms with van der Waals surface area (Å²) in [6.07, 6.45) is 0.576. The molecule has 0 aliphatic rings. The van der Waals surface area contributed by atoms with Crippen LogP contribution >= 0.6 is 0 Å². The van der Waals surface area contributed by atoms with Gasteiger partial charge in [0.15, 0.2) is 0 Å². The number of hydrogen-bond acceptors (Lipinski definition) is 9. The van der Waals surface area contributed by atoms with Gasteiger partial charge in [-0.2, -0.15) is 0 Å². The molecule has 0 aliphatic carbocycles. The summed E-state index contributed by atoms with van der Waals surface area (Å²) >= 11 is 0. The molecule has 0 heterocycles. The Morgan fingerprint density at radius 2 is 0.465 bits per heavy atom. The summed E-state index contributed by atoms with van der Waals surface area (Å²) in [7, 11) is 0. The van der Waals surface area contributed by atoms with Gasteiger partial charge in [-0.25, -0.2) is 14.4 Å². The second kappa shape index (κ2) is 27.7. The normalized spacial score (nSPS) is 11.2. The minimum atomic E-state index is -0.809. The molecule has 0 spiro atoms. The Balaban J connectivity index is 0.693. The van der Waals surface area contributed by atoms with E-state index < -0.39 is 23.3 Å². The molecule has 0 N–H and O–H groups in total. The fourth-order valence-electron chi connectivity index (χ4n) is 13.3. The first kappa shape index (κ1) is 62.0. The van der Waals surface area contributed by atoms with E-state index in [1.807, 2.05) is 200 Å². The lowest BCUT2D eigenvalue weighted by molar-refractivity contribution is 0.0725. The number of esters is 3. The number of para-hydroxylation sites is 3. The highest BCUT2D eigenvalue weighted by molar-refractivity contribution is 5.96. The smallest absolute Gasteiger partial charge is 0.343 e. The summed E-state index contributed by atoms with van der Waals surface area (Å²) in [4.78, 5) is 48.6. The predicted molar refractivity (Wildman–Crippen MR) is 400 cm³/mol. The molecule has 15 aromatic carbocycles. The molecule has 0 atom stereocenters. The third-order valence-corrected chi connectivity index (χ3v) is 18.3. The van der Waals surface area contributed by atoms with E-state index in [-0.39, 0.29) is 0 Å². The molecule has 0 fully saturated rings. The molecule has 0 unspecified atom stereocenters. The van der Waals surface area contributed by atoms with Crippen LogP contribution in [0.25, 0.3) is 32.3 Å². The summed E-state index contributed by atoms with van der Waals surface area (Å²) < 4.78 is 18.3. The number of fused-ring (bicyclic) bond motifs is 3. The standard InChI is InChI=1S/C90H65N3O6/c1-2-90(72-39-54-84(55-40-72)97-87(94)66-33-45-78(46-34-66)91(75-24-6-3-7-25-75)81-51-30-63-18-12-15-21-69(63)60-81,73-41-56-85(57-42-73)98-88(95)67-35-47-79(48-36-67)92(76-26-8-4-9-27-76)82-52-31-64-19-13-16-22-70(64)61-82)74-43-58-86(59-44-74)99-89(96)68-37-49-80(50-38-68)93(77-28-10-5-11-29-77)83-53-32-65-20-14-17-23-71(65)62-83/h3-62H,2H2,1H3. The average molecular weight is 1280 g/mol. The third-order valence-electron chi connectivity index (χ3n) is 18.3. The number of anilines is 9. The van der Waals surface area contributed by atoms with Gasteiger partial charge in [-0.15, -0.1) is 0 Å². The lowest BCUT2D eigenvalue weighted by Crippen LogP contribution is -2.28. The SMILES string of the molecule is CCC(c1ccc(OC(=O)c2ccc(N(c3ccccc3)c3ccc4ccccc4c3)cc2)cc1)(c1ccc(OC(=O)c2ccc(N(c3ccccc3)c3ccc4ccccc4c3)cc2)cc1)c1ccc(OC(=O)c2ccc(N(c3ccccc3)c3ccc4ccccc4c3)cc2)cc1. The number of carbonyl (C=O) groups is 3. The van der Waals surface area contributed by atoms with Crippen LogP contribution in [0.15, 0.2) is 364 Å². The molecule has 476 valence electrons. The summed E-state index contributed by atoms with van der Waals surface area (Å²) in [6, 6.07) is 120. The molecule has 9 nitrogen and oxygen atoms in total. The molecule has 15 aromatic rings. The van der Waals surface area contributed by atoms with Crippen LogP contribution in [0, 0.1) is 0 Å². The second-order valence-corrected chi connectivity index (χ2v) is 24.2. The zero-order chi connectivity index (χ0) is 67.1. The first-order valence-electron chi connectivity index (χ1n) is 33.0. The van der Waals surface area contributed by atoms with Gasteiger partial charge in [0.25, 0.3) is 0 Å². The fraction of sp³-hybridized carbons (Fsp3) is 0.0333. The number of rotatable bonds is 19. The molecule has 0 aromatic heterocycles. The van der Waals surface area contributed by atoms with Gasteiger partial charge in [0.05, 0.1) is 16.7 Å². The third kappa shape index (κ3) is 13.0. The molecule has 0 saturated heterocycles. The largest absolute Gasteiger partial charge is 0.423 e. The van der Waals surface area contributed by atoms with Crippen LogP contribution in [0.2, 0.25) is 0 Å². The van der Waals surface area contributed by atoms with E-state index in [1.54, 1.807) is 36.4 Å². The molecule has 9 heteroatoms. The van der Waals surface area contributed by atoms with Crippen LogP contribution in [-0.4, -0.2) is 17.9 Å². The zero-order valence-electron chi connectivity index (χ0n) is 54.1. The Morgan fingerprint density at radius 3 is 0.717 bits per heavy atom. The van der Waals surface area contributed by atoms with Gasteiger partial charge in [-0.3, -0.25) is 0 Å². The van der Waals surface area contributed by atoms with E-state index in [0.717, 1.165) is 100 Å². The lowest BCUT2D eigenvalue weighted by atomic mass is 9.67. The topological polar surface area (TPSA) is 88.6 Å². The molecule has 15 rings (SSSR count). The Labute approximate surface area is 574 Å². The van der Waals surface area contributed by atoms with Crippen molar-refractivity contribution in [1.82, 2.24) is 0 Å². The maximum absolute atomic E-state index is 14.0. The van der Waals surface area contributed by atoms with E-state index in [2.05, 4.69) is 149 Å². The van der Waals surface area contributed by atoms with Gasteiger partial charge in [0, 0.05) is 56.6 Å². The summed E-state index contributed by atoms with van der Waals surface area (Å²) in [6.45, 7) is 2.11. The molecule has 99 heavy (non-hydrogen) atoms. The Kier molecular flexibility index (Phi) is 17.3.